The maximum Gasteiger partial charge on any atom is 0.130 e. The third-order valence-corrected chi connectivity index (χ3v) is 3.46. The average Bonchev–Trinajstić information content (AvgIpc) is 2.42. The summed E-state index contributed by atoms with van der Waals surface area (Å²) in [6, 6.07) is 13.1. The van der Waals surface area contributed by atoms with E-state index >= 15 is 0 Å². The molecule has 2 aromatic carbocycles. The van der Waals surface area contributed by atoms with E-state index in [1.165, 1.54) is 0 Å². The summed E-state index contributed by atoms with van der Waals surface area (Å²) in [5.41, 5.74) is 7.69. The Morgan fingerprint density at radius 1 is 1.20 bits per heavy atom. The van der Waals surface area contributed by atoms with Crippen molar-refractivity contribution in [2.45, 2.75) is 19.8 Å². The molecule has 0 radical (unpaired) electrons. The highest BCUT2D eigenvalue weighted by atomic mass is 79.9. The summed E-state index contributed by atoms with van der Waals surface area (Å²) in [5.74, 6) is 1.74. The van der Waals surface area contributed by atoms with Gasteiger partial charge in [-0.15, -0.1) is 0 Å². The molecule has 0 unspecified atom stereocenters. The summed E-state index contributed by atoms with van der Waals surface area (Å²) < 4.78 is 6.91. The fraction of sp³-hybridized carbons (Fsp3) is 0.188. The number of ether oxygens (including phenoxy) is 1. The van der Waals surface area contributed by atoms with E-state index < -0.39 is 0 Å². The molecule has 2 aromatic rings. The van der Waals surface area contributed by atoms with Crippen molar-refractivity contribution < 1.29 is 4.74 Å². The van der Waals surface area contributed by atoms with Crippen LogP contribution < -0.4 is 10.5 Å². The van der Waals surface area contributed by atoms with Crippen molar-refractivity contribution >= 4 is 21.6 Å². The molecular weight excluding hydrogens is 316 g/mol. The van der Waals surface area contributed by atoms with E-state index in [1.54, 1.807) is 18.2 Å². The van der Waals surface area contributed by atoms with Gasteiger partial charge in [0.1, 0.15) is 17.6 Å². The predicted octanol–water partition coefficient (Wildman–Crippen LogP) is 4.82. The van der Waals surface area contributed by atoms with Crippen molar-refractivity contribution in [3.63, 3.8) is 0 Å². The zero-order chi connectivity index (χ0) is 14.7. The normalized spacial score (nSPS) is 10.3. The van der Waals surface area contributed by atoms with Gasteiger partial charge >= 0.3 is 0 Å². The Labute approximate surface area is 127 Å². The first kappa shape index (κ1) is 14.4. The van der Waals surface area contributed by atoms with E-state index in [1.807, 2.05) is 18.2 Å². The first-order valence-electron chi connectivity index (χ1n) is 6.28. The number of hydrogen-bond donors (Lipinski definition) is 1. The first-order valence-corrected chi connectivity index (χ1v) is 7.07. The summed E-state index contributed by atoms with van der Waals surface area (Å²) in [7, 11) is 0. The van der Waals surface area contributed by atoms with Crippen LogP contribution in [0.2, 0.25) is 0 Å². The SMILES string of the molecule is CC(C)c1cc(Br)ccc1Oc1ccc(N)c(C#N)c1. The van der Waals surface area contributed by atoms with Crippen LogP contribution >= 0.6 is 15.9 Å². The summed E-state index contributed by atoms with van der Waals surface area (Å²) in [4.78, 5) is 0. The molecule has 0 saturated carbocycles. The molecule has 0 spiro atoms. The van der Waals surface area contributed by atoms with Crippen LogP contribution in [0.1, 0.15) is 30.9 Å². The van der Waals surface area contributed by atoms with E-state index in [0.29, 0.717) is 22.9 Å². The molecule has 102 valence electrons. The lowest BCUT2D eigenvalue weighted by Gasteiger charge is -2.14. The molecule has 2 rings (SSSR count). The largest absolute Gasteiger partial charge is 0.457 e. The number of nitrogen functional groups attached to an aromatic ring is 1. The highest BCUT2D eigenvalue weighted by Crippen LogP contribution is 2.33. The van der Waals surface area contributed by atoms with Gasteiger partial charge in [0, 0.05) is 16.2 Å². The van der Waals surface area contributed by atoms with Gasteiger partial charge < -0.3 is 10.5 Å². The van der Waals surface area contributed by atoms with Crippen molar-refractivity contribution in [3.05, 3.63) is 52.0 Å². The topological polar surface area (TPSA) is 59.0 Å². The molecule has 0 aliphatic heterocycles. The molecule has 3 nitrogen and oxygen atoms in total. The fourth-order valence-electron chi connectivity index (χ4n) is 1.89. The van der Waals surface area contributed by atoms with Crippen molar-refractivity contribution in [2.24, 2.45) is 0 Å². The van der Waals surface area contributed by atoms with Gasteiger partial charge in [0.25, 0.3) is 0 Å². The summed E-state index contributed by atoms with van der Waals surface area (Å²) >= 11 is 3.47. The van der Waals surface area contributed by atoms with E-state index in [9.17, 15) is 0 Å². The quantitative estimate of drug-likeness (QED) is 0.821. The molecule has 0 atom stereocenters. The molecule has 0 bridgehead atoms. The number of nitrogens with zero attached hydrogens (tertiary/aromatic N) is 1. The molecule has 0 amide bonds. The van der Waals surface area contributed by atoms with Crippen LogP contribution in [0, 0.1) is 11.3 Å². The summed E-state index contributed by atoms with van der Waals surface area (Å²) in [5, 5.41) is 9.00. The van der Waals surface area contributed by atoms with Crippen molar-refractivity contribution in [2.75, 3.05) is 5.73 Å². The standard InChI is InChI=1S/C16H15BrN2O/c1-10(2)14-8-12(17)3-6-16(14)20-13-4-5-15(19)11(7-13)9-18/h3-8,10H,19H2,1-2H3. The van der Waals surface area contributed by atoms with Gasteiger partial charge in [0.05, 0.1) is 5.56 Å². The number of benzene rings is 2. The van der Waals surface area contributed by atoms with Gasteiger partial charge in [0.15, 0.2) is 0 Å². The highest BCUT2D eigenvalue weighted by Gasteiger charge is 2.10. The maximum atomic E-state index is 9.00. The van der Waals surface area contributed by atoms with Crippen LogP contribution in [0.15, 0.2) is 40.9 Å². The Balaban J connectivity index is 2.38. The average molecular weight is 331 g/mol. The zero-order valence-electron chi connectivity index (χ0n) is 11.4. The molecule has 0 aliphatic carbocycles. The Morgan fingerprint density at radius 2 is 1.95 bits per heavy atom. The lowest BCUT2D eigenvalue weighted by Crippen LogP contribution is -1.96. The third kappa shape index (κ3) is 3.12. The van der Waals surface area contributed by atoms with Crippen LogP contribution in [0.5, 0.6) is 11.5 Å². The number of nitrogens with two attached hydrogens (primary N) is 1. The predicted molar refractivity (Wildman–Crippen MR) is 83.9 cm³/mol. The van der Waals surface area contributed by atoms with Crippen LogP contribution in [0.4, 0.5) is 5.69 Å². The van der Waals surface area contributed by atoms with Crippen LogP contribution in [-0.4, -0.2) is 0 Å². The number of halogens is 1. The molecule has 0 aliphatic rings. The monoisotopic (exact) mass is 330 g/mol. The minimum Gasteiger partial charge on any atom is -0.457 e. The summed E-state index contributed by atoms with van der Waals surface area (Å²) in [6.45, 7) is 4.22. The second-order valence-corrected chi connectivity index (χ2v) is 5.72. The molecule has 0 aromatic heterocycles. The third-order valence-electron chi connectivity index (χ3n) is 2.97. The van der Waals surface area contributed by atoms with E-state index in [0.717, 1.165) is 15.8 Å². The van der Waals surface area contributed by atoms with E-state index in [-0.39, 0.29) is 0 Å². The molecular formula is C16H15BrN2O. The second-order valence-electron chi connectivity index (χ2n) is 4.80. The lowest BCUT2D eigenvalue weighted by molar-refractivity contribution is 0.473. The van der Waals surface area contributed by atoms with Gasteiger partial charge in [-0.1, -0.05) is 29.8 Å². The number of hydrogen-bond acceptors (Lipinski definition) is 3. The number of nitriles is 1. The zero-order valence-corrected chi connectivity index (χ0v) is 12.9. The second kappa shape index (κ2) is 5.98. The van der Waals surface area contributed by atoms with E-state index in [2.05, 4.69) is 35.8 Å². The minimum absolute atomic E-state index is 0.340. The van der Waals surface area contributed by atoms with E-state index in [4.69, 9.17) is 15.7 Å². The number of anilines is 1. The van der Waals surface area contributed by atoms with Gasteiger partial charge in [0.2, 0.25) is 0 Å². The fourth-order valence-corrected chi connectivity index (χ4v) is 2.26. The van der Waals surface area contributed by atoms with Gasteiger partial charge in [-0.2, -0.15) is 5.26 Å². The molecule has 0 heterocycles. The molecule has 0 saturated heterocycles. The Hall–Kier alpha value is -1.99. The Kier molecular flexibility index (Phi) is 4.31. The van der Waals surface area contributed by atoms with Gasteiger partial charge in [-0.05, 0) is 41.8 Å². The maximum absolute atomic E-state index is 9.00. The lowest BCUT2D eigenvalue weighted by atomic mass is 10.0. The van der Waals surface area contributed by atoms with Gasteiger partial charge in [-0.25, -0.2) is 0 Å². The minimum atomic E-state index is 0.340. The van der Waals surface area contributed by atoms with Crippen molar-refractivity contribution in [1.29, 1.82) is 5.26 Å². The Morgan fingerprint density at radius 3 is 2.60 bits per heavy atom. The molecule has 4 heteroatoms. The highest BCUT2D eigenvalue weighted by molar-refractivity contribution is 9.10. The molecule has 20 heavy (non-hydrogen) atoms. The van der Waals surface area contributed by atoms with Crippen LogP contribution in [0.3, 0.4) is 0 Å². The van der Waals surface area contributed by atoms with Crippen molar-refractivity contribution in [1.82, 2.24) is 0 Å². The number of rotatable bonds is 3. The van der Waals surface area contributed by atoms with Crippen LogP contribution in [-0.2, 0) is 0 Å². The van der Waals surface area contributed by atoms with Gasteiger partial charge in [-0.3, -0.25) is 0 Å². The smallest absolute Gasteiger partial charge is 0.130 e. The summed E-state index contributed by atoms with van der Waals surface area (Å²) in [6.07, 6.45) is 0. The molecule has 2 N–H and O–H groups in total. The van der Waals surface area contributed by atoms with Crippen molar-refractivity contribution in [3.8, 4) is 17.6 Å². The first-order chi connectivity index (χ1) is 9.51. The van der Waals surface area contributed by atoms with Crippen LogP contribution in [0.25, 0.3) is 0 Å². The molecule has 0 fully saturated rings. The Bertz CT molecular complexity index is 675.